The van der Waals surface area contributed by atoms with Crippen molar-refractivity contribution in [1.29, 1.82) is 0 Å². The maximum absolute atomic E-state index is 13.4. The second kappa shape index (κ2) is 5.39. The third-order valence-electron chi connectivity index (χ3n) is 2.44. The molecule has 2 aromatic carbocycles. The number of carbonyl (C=O) groups is 1. The fraction of sp³-hybridized carbons (Fsp3) is 0.0714. The SMILES string of the molecule is COc1ccc(OC(=O)c2ccc(O)cc2F)cc1. The molecular weight excluding hydrogens is 251 g/mol. The lowest BCUT2D eigenvalue weighted by Crippen LogP contribution is -2.10. The molecule has 2 rings (SSSR count). The lowest BCUT2D eigenvalue weighted by molar-refractivity contribution is 0.0730. The highest BCUT2D eigenvalue weighted by Crippen LogP contribution is 2.20. The van der Waals surface area contributed by atoms with Gasteiger partial charge in [0.2, 0.25) is 0 Å². The number of esters is 1. The van der Waals surface area contributed by atoms with Gasteiger partial charge >= 0.3 is 5.97 Å². The number of aromatic hydroxyl groups is 1. The monoisotopic (exact) mass is 262 g/mol. The van der Waals surface area contributed by atoms with Crippen LogP contribution in [-0.2, 0) is 0 Å². The van der Waals surface area contributed by atoms with E-state index in [-0.39, 0.29) is 17.1 Å². The topological polar surface area (TPSA) is 55.8 Å². The Bertz CT molecular complexity index is 593. The molecule has 0 saturated carbocycles. The number of benzene rings is 2. The van der Waals surface area contributed by atoms with Gasteiger partial charge in [-0.15, -0.1) is 0 Å². The van der Waals surface area contributed by atoms with Gasteiger partial charge in [-0.2, -0.15) is 0 Å². The van der Waals surface area contributed by atoms with Gasteiger partial charge in [0.15, 0.2) is 0 Å². The highest BCUT2D eigenvalue weighted by Gasteiger charge is 2.14. The average Bonchev–Trinajstić information content (AvgIpc) is 2.39. The van der Waals surface area contributed by atoms with E-state index in [1.165, 1.54) is 25.3 Å². The number of carbonyl (C=O) groups excluding carboxylic acids is 1. The molecule has 2 aromatic rings. The van der Waals surface area contributed by atoms with Crippen LogP contribution >= 0.6 is 0 Å². The number of phenols is 1. The summed E-state index contributed by atoms with van der Waals surface area (Å²) in [4.78, 5) is 11.7. The summed E-state index contributed by atoms with van der Waals surface area (Å²) >= 11 is 0. The second-order valence-electron chi connectivity index (χ2n) is 3.73. The standard InChI is InChI=1S/C14H11FO4/c1-18-10-3-5-11(6-4-10)19-14(17)12-7-2-9(16)8-13(12)15/h2-8,16H,1H3. The Morgan fingerprint density at radius 1 is 1.11 bits per heavy atom. The van der Waals surface area contributed by atoms with E-state index in [2.05, 4.69) is 0 Å². The largest absolute Gasteiger partial charge is 0.508 e. The number of rotatable bonds is 3. The van der Waals surface area contributed by atoms with Crippen LogP contribution in [-0.4, -0.2) is 18.2 Å². The van der Waals surface area contributed by atoms with Gasteiger partial charge in [-0.05, 0) is 36.4 Å². The number of ether oxygens (including phenoxy) is 2. The fourth-order valence-corrected chi connectivity index (χ4v) is 1.48. The molecule has 0 heterocycles. The molecule has 0 aliphatic heterocycles. The molecule has 98 valence electrons. The van der Waals surface area contributed by atoms with Crippen LogP contribution in [0.5, 0.6) is 17.2 Å². The summed E-state index contributed by atoms with van der Waals surface area (Å²) in [5, 5.41) is 9.06. The van der Waals surface area contributed by atoms with Crippen molar-refractivity contribution in [1.82, 2.24) is 0 Å². The third-order valence-corrected chi connectivity index (χ3v) is 2.44. The predicted octanol–water partition coefficient (Wildman–Crippen LogP) is 2.76. The highest BCUT2D eigenvalue weighted by molar-refractivity contribution is 5.91. The Balaban J connectivity index is 2.15. The first-order valence-electron chi connectivity index (χ1n) is 5.45. The molecule has 4 nitrogen and oxygen atoms in total. The lowest BCUT2D eigenvalue weighted by Gasteiger charge is -2.06. The van der Waals surface area contributed by atoms with E-state index < -0.39 is 11.8 Å². The molecule has 0 unspecified atom stereocenters. The smallest absolute Gasteiger partial charge is 0.346 e. The van der Waals surface area contributed by atoms with E-state index >= 15 is 0 Å². The highest BCUT2D eigenvalue weighted by atomic mass is 19.1. The molecule has 0 bridgehead atoms. The lowest BCUT2D eigenvalue weighted by atomic mass is 10.2. The zero-order valence-corrected chi connectivity index (χ0v) is 10.1. The van der Waals surface area contributed by atoms with E-state index in [4.69, 9.17) is 14.6 Å². The van der Waals surface area contributed by atoms with Crippen molar-refractivity contribution < 1.29 is 23.8 Å². The zero-order valence-electron chi connectivity index (χ0n) is 10.1. The van der Waals surface area contributed by atoms with E-state index in [0.29, 0.717) is 5.75 Å². The van der Waals surface area contributed by atoms with E-state index in [0.717, 1.165) is 12.1 Å². The minimum absolute atomic E-state index is 0.242. The van der Waals surface area contributed by atoms with Gasteiger partial charge < -0.3 is 14.6 Å². The number of hydrogen-bond donors (Lipinski definition) is 1. The van der Waals surface area contributed by atoms with Gasteiger partial charge in [0.1, 0.15) is 23.1 Å². The van der Waals surface area contributed by atoms with Crippen molar-refractivity contribution in [2.24, 2.45) is 0 Å². The molecule has 0 fully saturated rings. The maximum atomic E-state index is 13.4. The summed E-state index contributed by atoms with van der Waals surface area (Å²) in [6.45, 7) is 0. The normalized spacial score (nSPS) is 10.0. The van der Waals surface area contributed by atoms with Crippen LogP contribution in [0.1, 0.15) is 10.4 Å². The van der Waals surface area contributed by atoms with Crippen molar-refractivity contribution in [2.75, 3.05) is 7.11 Å². The molecule has 19 heavy (non-hydrogen) atoms. The first-order chi connectivity index (χ1) is 9.10. The minimum Gasteiger partial charge on any atom is -0.508 e. The molecule has 0 amide bonds. The van der Waals surface area contributed by atoms with Crippen LogP contribution < -0.4 is 9.47 Å². The molecular formula is C14H11FO4. The first kappa shape index (κ1) is 12.9. The summed E-state index contributed by atoms with van der Waals surface area (Å²) in [6, 6.07) is 9.55. The predicted molar refractivity (Wildman–Crippen MR) is 66.0 cm³/mol. The molecule has 0 aromatic heterocycles. The van der Waals surface area contributed by atoms with Gasteiger partial charge in [-0.25, -0.2) is 9.18 Å². The van der Waals surface area contributed by atoms with Gasteiger partial charge in [-0.3, -0.25) is 0 Å². The quantitative estimate of drug-likeness (QED) is 0.682. The molecule has 0 spiro atoms. The Hall–Kier alpha value is -2.56. The molecule has 0 atom stereocenters. The summed E-state index contributed by atoms with van der Waals surface area (Å²) in [5.41, 5.74) is -0.242. The molecule has 0 radical (unpaired) electrons. The van der Waals surface area contributed by atoms with Crippen molar-refractivity contribution in [3.05, 3.63) is 53.8 Å². The Labute approximate surface area is 109 Å². The molecule has 0 aliphatic carbocycles. The zero-order chi connectivity index (χ0) is 13.8. The third kappa shape index (κ3) is 3.01. The van der Waals surface area contributed by atoms with Gasteiger partial charge in [-0.1, -0.05) is 0 Å². The van der Waals surface area contributed by atoms with Crippen molar-refractivity contribution in [3.63, 3.8) is 0 Å². The summed E-state index contributed by atoms with van der Waals surface area (Å²) in [6.07, 6.45) is 0. The van der Waals surface area contributed by atoms with Crippen LogP contribution in [0.4, 0.5) is 4.39 Å². The summed E-state index contributed by atoms with van der Waals surface area (Å²) < 4.78 is 23.4. The maximum Gasteiger partial charge on any atom is 0.346 e. The molecule has 1 N–H and O–H groups in total. The minimum atomic E-state index is -0.835. The Morgan fingerprint density at radius 2 is 1.74 bits per heavy atom. The number of hydrogen-bond acceptors (Lipinski definition) is 4. The molecule has 0 saturated heterocycles. The average molecular weight is 262 g/mol. The van der Waals surface area contributed by atoms with Crippen LogP contribution in [0.3, 0.4) is 0 Å². The van der Waals surface area contributed by atoms with E-state index in [9.17, 15) is 9.18 Å². The van der Waals surface area contributed by atoms with Crippen LogP contribution in [0, 0.1) is 5.82 Å². The van der Waals surface area contributed by atoms with Crippen LogP contribution in [0.15, 0.2) is 42.5 Å². The second-order valence-corrected chi connectivity index (χ2v) is 3.73. The van der Waals surface area contributed by atoms with Crippen molar-refractivity contribution >= 4 is 5.97 Å². The Morgan fingerprint density at radius 3 is 2.32 bits per heavy atom. The van der Waals surface area contributed by atoms with E-state index in [1.54, 1.807) is 12.1 Å². The first-order valence-corrected chi connectivity index (χ1v) is 5.45. The van der Waals surface area contributed by atoms with Crippen molar-refractivity contribution in [3.8, 4) is 17.2 Å². The molecule has 5 heteroatoms. The number of methoxy groups -OCH3 is 1. The van der Waals surface area contributed by atoms with Crippen molar-refractivity contribution in [2.45, 2.75) is 0 Å². The number of phenolic OH excluding ortho intramolecular Hbond substituents is 1. The van der Waals surface area contributed by atoms with Crippen LogP contribution in [0.25, 0.3) is 0 Å². The summed E-state index contributed by atoms with van der Waals surface area (Å²) in [7, 11) is 1.52. The van der Waals surface area contributed by atoms with Gasteiger partial charge in [0.25, 0.3) is 0 Å². The van der Waals surface area contributed by atoms with E-state index in [1.807, 2.05) is 0 Å². The number of halogens is 1. The Kier molecular flexibility index (Phi) is 3.66. The van der Waals surface area contributed by atoms with Gasteiger partial charge in [0.05, 0.1) is 12.7 Å². The molecule has 0 aliphatic rings. The fourth-order valence-electron chi connectivity index (χ4n) is 1.48. The summed E-state index contributed by atoms with van der Waals surface area (Å²) in [5.74, 6) is -1.02. The van der Waals surface area contributed by atoms with Crippen LogP contribution in [0.2, 0.25) is 0 Å². The van der Waals surface area contributed by atoms with Gasteiger partial charge in [0, 0.05) is 6.07 Å².